The Bertz CT molecular complexity index is 618. The molecule has 0 aromatic heterocycles. The van der Waals surface area contributed by atoms with Crippen molar-refractivity contribution in [1.29, 1.82) is 0 Å². The van der Waals surface area contributed by atoms with Crippen LogP contribution in [0.3, 0.4) is 0 Å². The van der Waals surface area contributed by atoms with E-state index >= 15 is 0 Å². The summed E-state index contributed by atoms with van der Waals surface area (Å²) in [5.74, 6) is -0.985. The third-order valence-corrected chi connectivity index (χ3v) is 4.38. The molecule has 6 heteroatoms. The third kappa shape index (κ3) is 1.64. The molecular formula is C11H11NO4S. The fourth-order valence-electron chi connectivity index (χ4n) is 1.84. The number of nitrogens with zero attached hydrogens (tertiary/aromatic N) is 1. The summed E-state index contributed by atoms with van der Waals surface area (Å²) in [4.78, 5) is 23.0. The molecule has 2 rings (SSSR count). The number of amides is 1. The average molecular weight is 253 g/mol. The number of aryl methyl sites for hydroxylation is 1. The van der Waals surface area contributed by atoms with Crippen LogP contribution in [0.1, 0.15) is 22.8 Å². The number of carbonyl (C=O) groups excluding carboxylic acids is 2. The number of Topliss-reactive ketones (excluding diaryl/α,β-unsaturated/α-hetero) is 1. The number of benzene rings is 1. The van der Waals surface area contributed by atoms with E-state index in [1.165, 1.54) is 13.0 Å². The van der Waals surface area contributed by atoms with Gasteiger partial charge in [-0.15, -0.1) is 0 Å². The van der Waals surface area contributed by atoms with E-state index < -0.39 is 22.5 Å². The monoisotopic (exact) mass is 253 g/mol. The van der Waals surface area contributed by atoms with Gasteiger partial charge in [-0.25, -0.2) is 12.7 Å². The summed E-state index contributed by atoms with van der Waals surface area (Å²) < 4.78 is 24.7. The van der Waals surface area contributed by atoms with E-state index in [0.717, 1.165) is 0 Å². The molecule has 90 valence electrons. The van der Waals surface area contributed by atoms with Crippen molar-refractivity contribution in [3.05, 3.63) is 29.3 Å². The molecule has 0 fully saturated rings. The highest BCUT2D eigenvalue weighted by atomic mass is 32.2. The van der Waals surface area contributed by atoms with Gasteiger partial charge >= 0.3 is 0 Å². The number of rotatable bonds is 2. The summed E-state index contributed by atoms with van der Waals surface area (Å²) in [5.41, 5.74) is 0.774. The molecule has 1 aliphatic heterocycles. The highest BCUT2D eigenvalue weighted by Gasteiger charge is 2.42. The first-order chi connectivity index (χ1) is 7.85. The normalized spacial score (nSPS) is 17.1. The van der Waals surface area contributed by atoms with E-state index in [9.17, 15) is 18.0 Å². The Kier molecular flexibility index (Phi) is 2.54. The van der Waals surface area contributed by atoms with Crippen molar-refractivity contribution in [3.63, 3.8) is 0 Å². The quantitative estimate of drug-likeness (QED) is 0.779. The molecule has 0 saturated carbocycles. The van der Waals surface area contributed by atoms with Gasteiger partial charge in [-0.2, -0.15) is 0 Å². The molecule has 0 radical (unpaired) electrons. The van der Waals surface area contributed by atoms with Crippen molar-refractivity contribution in [1.82, 2.24) is 4.31 Å². The van der Waals surface area contributed by atoms with Crippen molar-refractivity contribution in [2.75, 3.05) is 6.54 Å². The Hall–Kier alpha value is -1.69. The van der Waals surface area contributed by atoms with Crippen LogP contribution in [-0.4, -0.2) is 31.0 Å². The molecule has 1 heterocycles. The molecule has 0 bridgehead atoms. The summed E-state index contributed by atoms with van der Waals surface area (Å²) >= 11 is 0. The number of carbonyl (C=O) groups is 2. The minimum absolute atomic E-state index is 0.0104. The standard InChI is InChI=1S/C11H11NO4S/c1-7-4-3-5-9-10(7)11(14)12(6-8(2)13)17(9,15)16/h3-5H,6H2,1-2H3. The molecule has 17 heavy (non-hydrogen) atoms. The zero-order chi connectivity index (χ0) is 12.8. The van der Waals surface area contributed by atoms with E-state index in [2.05, 4.69) is 0 Å². The van der Waals surface area contributed by atoms with Crippen molar-refractivity contribution < 1.29 is 18.0 Å². The second-order valence-corrected chi connectivity index (χ2v) is 5.80. The van der Waals surface area contributed by atoms with E-state index in [1.54, 1.807) is 19.1 Å². The van der Waals surface area contributed by atoms with Crippen LogP contribution in [0, 0.1) is 6.92 Å². The maximum absolute atomic E-state index is 12.0. The first kappa shape index (κ1) is 11.8. The second-order valence-electron chi connectivity index (χ2n) is 3.97. The molecule has 5 nitrogen and oxygen atoms in total. The van der Waals surface area contributed by atoms with E-state index in [-0.39, 0.29) is 16.2 Å². The minimum atomic E-state index is -3.85. The summed E-state index contributed by atoms with van der Waals surface area (Å²) in [6.45, 7) is 2.51. The SMILES string of the molecule is CC(=O)CN1C(=O)c2c(C)cccc2S1(=O)=O. The van der Waals surface area contributed by atoms with E-state index in [0.29, 0.717) is 9.87 Å². The van der Waals surface area contributed by atoms with Crippen LogP contribution in [0.4, 0.5) is 0 Å². The van der Waals surface area contributed by atoms with Crippen LogP contribution >= 0.6 is 0 Å². The van der Waals surface area contributed by atoms with Crippen LogP contribution < -0.4 is 0 Å². The Labute approximate surface area is 99.1 Å². The predicted octanol–water partition coefficient (Wildman–Crippen LogP) is 0.729. The second kappa shape index (κ2) is 3.66. The van der Waals surface area contributed by atoms with Gasteiger partial charge in [0.25, 0.3) is 15.9 Å². The first-order valence-electron chi connectivity index (χ1n) is 5.02. The lowest BCUT2D eigenvalue weighted by atomic mass is 10.1. The Morgan fingerprint density at radius 2 is 2.00 bits per heavy atom. The molecule has 0 N–H and O–H groups in total. The Morgan fingerprint density at radius 1 is 1.35 bits per heavy atom. The molecule has 0 spiro atoms. The van der Waals surface area contributed by atoms with Gasteiger partial charge < -0.3 is 0 Å². The van der Waals surface area contributed by atoms with Crippen molar-refractivity contribution >= 4 is 21.7 Å². The third-order valence-electron chi connectivity index (χ3n) is 2.61. The summed E-state index contributed by atoms with van der Waals surface area (Å²) in [6, 6.07) is 4.63. The van der Waals surface area contributed by atoms with E-state index in [1.807, 2.05) is 0 Å². The number of sulfonamides is 1. The molecule has 0 unspecified atom stereocenters. The molecule has 0 saturated heterocycles. The van der Waals surface area contributed by atoms with Crippen molar-refractivity contribution in [2.24, 2.45) is 0 Å². The van der Waals surface area contributed by atoms with Crippen LogP contribution in [0.5, 0.6) is 0 Å². The molecule has 0 aliphatic carbocycles. The summed E-state index contributed by atoms with van der Waals surface area (Å²) in [5, 5.41) is 0. The predicted molar refractivity (Wildman–Crippen MR) is 60.1 cm³/mol. The van der Waals surface area contributed by atoms with Gasteiger partial charge in [0.05, 0.1) is 12.1 Å². The zero-order valence-electron chi connectivity index (χ0n) is 9.43. The van der Waals surface area contributed by atoms with E-state index in [4.69, 9.17) is 0 Å². The number of ketones is 1. The van der Waals surface area contributed by atoms with Crippen LogP contribution in [0.25, 0.3) is 0 Å². The zero-order valence-corrected chi connectivity index (χ0v) is 10.2. The van der Waals surface area contributed by atoms with Crippen LogP contribution in [0.2, 0.25) is 0 Å². The average Bonchev–Trinajstić information content (AvgIpc) is 2.41. The van der Waals surface area contributed by atoms with Gasteiger partial charge in [0.15, 0.2) is 0 Å². The Balaban J connectivity index is 2.65. The topological polar surface area (TPSA) is 71.5 Å². The number of hydrogen-bond acceptors (Lipinski definition) is 4. The fraction of sp³-hybridized carbons (Fsp3) is 0.273. The lowest BCUT2D eigenvalue weighted by Gasteiger charge is -2.12. The molecule has 1 amide bonds. The maximum atomic E-state index is 12.0. The highest BCUT2D eigenvalue weighted by molar-refractivity contribution is 7.90. The first-order valence-corrected chi connectivity index (χ1v) is 6.46. The molecule has 1 aliphatic rings. The van der Waals surface area contributed by atoms with Gasteiger partial charge in [0.1, 0.15) is 10.7 Å². The van der Waals surface area contributed by atoms with Crippen molar-refractivity contribution in [3.8, 4) is 0 Å². The van der Waals surface area contributed by atoms with Gasteiger partial charge in [-0.3, -0.25) is 9.59 Å². The molecule has 0 atom stereocenters. The highest BCUT2D eigenvalue weighted by Crippen LogP contribution is 2.31. The smallest absolute Gasteiger partial charge is 0.269 e. The number of fused-ring (bicyclic) bond motifs is 1. The minimum Gasteiger partial charge on any atom is -0.298 e. The molecular weight excluding hydrogens is 242 g/mol. The van der Waals surface area contributed by atoms with Crippen LogP contribution in [0.15, 0.2) is 23.1 Å². The molecule has 1 aromatic rings. The largest absolute Gasteiger partial charge is 0.298 e. The lowest BCUT2D eigenvalue weighted by Crippen LogP contribution is -2.34. The van der Waals surface area contributed by atoms with Gasteiger partial charge in [0.2, 0.25) is 0 Å². The lowest BCUT2D eigenvalue weighted by molar-refractivity contribution is -0.116. The van der Waals surface area contributed by atoms with Crippen LogP contribution in [-0.2, 0) is 14.8 Å². The summed E-state index contributed by atoms with van der Waals surface area (Å²) in [7, 11) is -3.85. The fourth-order valence-corrected chi connectivity index (χ4v) is 3.50. The summed E-state index contributed by atoms with van der Waals surface area (Å²) in [6.07, 6.45) is 0. The number of hydrogen-bond donors (Lipinski definition) is 0. The maximum Gasteiger partial charge on any atom is 0.269 e. The van der Waals surface area contributed by atoms with Gasteiger partial charge in [0, 0.05) is 0 Å². The van der Waals surface area contributed by atoms with Crippen molar-refractivity contribution in [2.45, 2.75) is 18.7 Å². The van der Waals surface area contributed by atoms with Gasteiger partial charge in [-0.05, 0) is 25.5 Å². The Morgan fingerprint density at radius 3 is 2.53 bits per heavy atom. The van der Waals surface area contributed by atoms with Gasteiger partial charge in [-0.1, -0.05) is 12.1 Å². The molecule has 1 aromatic carbocycles.